The lowest BCUT2D eigenvalue weighted by molar-refractivity contribution is -0.137. The van der Waals surface area contributed by atoms with Crippen molar-refractivity contribution in [1.82, 2.24) is 19.3 Å². The van der Waals surface area contributed by atoms with Crippen LogP contribution in [-0.2, 0) is 29.2 Å². The molecule has 2 aliphatic heterocycles. The van der Waals surface area contributed by atoms with Gasteiger partial charge in [-0.05, 0) is 35.9 Å². The molecular weight excluding hydrogens is 649 g/mol. The standard InChI is InChI=1S/C35H28F5N5O4/c1-44-16-42-31-25(44)13-22(35(38,39)40)28-19-4-3-8-45-26(12-17(32(19)45)6-9-49-34(28)31)33(47)18-10-23(36)30(24(37)11-18)43-27(46)5-2-7-41-29-20-14-48-15-21(20)29/h2-5,8,10-13,16,20-21,29,41H,6-7,9,14-15H2,1H3,(H,43,46)/b5-2+/t20-,21+,29?. The highest BCUT2D eigenvalue weighted by molar-refractivity contribution is 6.10. The summed E-state index contributed by atoms with van der Waals surface area (Å²) in [5.41, 5.74) is -0.691. The molecule has 5 aromatic rings. The Balaban J connectivity index is 1.10. The number of anilines is 1. The van der Waals surface area contributed by atoms with Crippen molar-refractivity contribution in [3.63, 3.8) is 0 Å². The number of ether oxygens (including phenoxy) is 2. The SMILES string of the molecule is Cn1cnc2c3c(c(C(F)(F)F)cc21)-c1cccn2c(C(=O)c4cc(F)c(NC(=O)/C=C/CNC5[C@H]6COC[C@@H]56)c(F)c4)cc(c12)CCO3. The molecular formula is C35H28F5N5O4. The van der Waals surface area contributed by atoms with Crippen molar-refractivity contribution < 1.29 is 41.0 Å². The number of hydrogen-bond donors (Lipinski definition) is 2. The predicted octanol–water partition coefficient (Wildman–Crippen LogP) is 5.69. The Morgan fingerprint density at radius 1 is 1.10 bits per heavy atom. The number of alkyl halides is 3. The molecule has 3 aromatic heterocycles. The molecule has 14 heteroatoms. The molecule has 1 unspecified atom stereocenters. The van der Waals surface area contributed by atoms with Crippen LogP contribution in [0, 0.1) is 23.5 Å². The Labute approximate surface area is 275 Å². The van der Waals surface area contributed by atoms with Crippen LogP contribution < -0.4 is 15.4 Å². The van der Waals surface area contributed by atoms with Crippen LogP contribution in [0.3, 0.4) is 0 Å². The highest BCUT2D eigenvalue weighted by atomic mass is 19.4. The monoisotopic (exact) mass is 677 g/mol. The summed E-state index contributed by atoms with van der Waals surface area (Å²) in [6, 6.07) is 7.50. The van der Waals surface area contributed by atoms with Gasteiger partial charge < -0.3 is 29.1 Å². The number of fused-ring (bicyclic) bond motifs is 5. The van der Waals surface area contributed by atoms with Crippen molar-refractivity contribution >= 4 is 33.9 Å². The van der Waals surface area contributed by atoms with Crippen molar-refractivity contribution in [2.75, 3.05) is 31.7 Å². The lowest BCUT2D eigenvalue weighted by atomic mass is 9.94. The fourth-order valence-corrected chi connectivity index (χ4v) is 7.09. The molecule has 252 valence electrons. The summed E-state index contributed by atoms with van der Waals surface area (Å²) >= 11 is 0. The van der Waals surface area contributed by atoms with Gasteiger partial charge in [-0.2, -0.15) is 13.2 Å². The van der Waals surface area contributed by atoms with Crippen molar-refractivity contribution in [2.24, 2.45) is 18.9 Å². The molecule has 1 aliphatic carbocycles. The number of aryl methyl sites for hydroxylation is 1. The number of rotatable bonds is 7. The maximum atomic E-state index is 15.2. The van der Waals surface area contributed by atoms with Crippen LogP contribution in [0.4, 0.5) is 27.6 Å². The number of aromatic nitrogens is 3. The molecule has 1 saturated carbocycles. The summed E-state index contributed by atoms with van der Waals surface area (Å²) in [6.07, 6.45) is 1.11. The third-order valence-electron chi connectivity index (χ3n) is 9.51. The first-order valence-electron chi connectivity index (χ1n) is 15.6. The number of amides is 1. The highest BCUT2D eigenvalue weighted by Crippen LogP contribution is 2.48. The van der Waals surface area contributed by atoms with Crippen molar-refractivity contribution in [3.05, 3.63) is 95.1 Å². The van der Waals surface area contributed by atoms with Gasteiger partial charge in [0.05, 0.1) is 48.4 Å². The van der Waals surface area contributed by atoms with Gasteiger partial charge in [0.15, 0.2) is 5.75 Å². The predicted molar refractivity (Wildman–Crippen MR) is 168 cm³/mol. The summed E-state index contributed by atoms with van der Waals surface area (Å²) in [4.78, 5) is 30.5. The second kappa shape index (κ2) is 11.5. The minimum Gasteiger partial charge on any atom is -0.490 e. The number of halogens is 5. The van der Waals surface area contributed by atoms with Gasteiger partial charge in [-0.3, -0.25) is 9.59 Å². The van der Waals surface area contributed by atoms with Crippen molar-refractivity contribution in [1.29, 1.82) is 0 Å². The average molecular weight is 678 g/mol. The van der Waals surface area contributed by atoms with E-state index in [0.717, 1.165) is 18.2 Å². The van der Waals surface area contributed by atoms with Gasteiger partial charge in [-0.15, -0.1) is 0 Å². The zero-order valence-corrected chi connectivity index (χ0v) is 25.9. The van der Waals surface area contributed by atoms with Crippen LogP contribution in [-0.4, -0.2) is 58.0 Å². The van der Waals surface area contributed by atoms with E-state index in [-0.39, 0.29) is 52.2 Å². The van der Waals surface area contributed by atoms with Gasteiger partial charge in [0.25, 0.3) is 0 Å². The Hall–Kier alpha value is -5.08. The number of ketones is 1. The molecule has 8 rings (SSSR count). The Bertz CT molecular complexity index is 2190. The van der Waals surface area contributed by atoms with Gasteiger partial charge in [0.2, 0.25) is 11.7 Å². The molecule has 2 N–H and O–H groups in total. The Morgan fingerprint density at radius 3 is 2.59 bits per heavy atom. The summed E-state index contributed by atoms with van der Waals surface area (Å²) in [7, 11) is 1.59. The fraction of sp³-hybridized carbons (Fsp3) is 0.286. The minimum atomic E-state index is -4.76. The van der Waals surface area contributed by atoms with E-state index in [1.165, 1.54) is 45.8 Å². The molecule has 2 aromatic carbocycles. The number of carbonyl (C=O) groups is 2. The minimum absolute atomic E-state index is 0.0135. The third-order valence-corrected chi connectivity index (χ3v) is 9.51. The zero-order chi connectivity index (χ0) is 34.2. The molecule has 3 atom stereocenters. The fourth-order valence-electron chi connectivity index (χ4n) is 7.09. The highest BCUT2D eigenvalue weighted by Gasteiger charge is 2.53. The van der Waals surface area contributed by atoms with E-state index in [4.69, 9.17) is 9.47 Å². The average Bonchev–Trinajstić information content (AvgIpc) is 3.42. The first-order chi connectivity index (χ1) is 23.5. The van der Waals surface area contributed by atoms with Crippen molar-refractivity contribution in [3.8, 4) is 16.9 Å². The van der Waals surface area contributed by atoms with E-state index in [2.05, 4.69) is 15.6 Å². The van der Waals surface area contributed by atoms with Gasteiger partial charge in [0.1, 0.15) is 22.8 Å². The van der Waals surface area contributed by atoms with E-state index < -0.39 is 40.8 Å². The van der Waals surface area contributed by atoms with Gasteiger partial charge in [0, 0.05) is 66.9 Å². The second-order valence-electron chi connectivity index (χ2n) is 12.5. The van der Waals surface area contributed by atoms with Crippen LogP contribution in [0.1, 0.15) is 27.2 Å². The molecule has 0 bridgehead atoms. The van der Waals surface area contributed by atoms with Gasteiger partial charge in [-0.25, -0.2) is 13.8 Å². The molecule has 49 heavy (non-hydrogen) atoms. The quantitative estimate of drug-likeness (QED) is 0.131. The van der Waals surface area contributed by atoms with Gasteiger partial charge in [-0.1, -0.05) is 12.1 Å². The molecule has 5 heterocycles. The first kappa shape index (κ1) is 31.2. The third kappa shape index (κ3) is 5.26. The molecule has 0 radical (unpaired) electrons. The molecule has 3 aliphatic rings. The topological polar surface area (TPSA) is 98.9 Å². The van der Waals surface area contributed by atoms with E-state index in [1.54, 1.807) is 13.1 Å². The smallest absolute Gasteiger partial charge is 0.417 e. The van der Waals surface area contributed by atoms with E-state index in [9.17, 15) is 22.8 Å². The van der Waals surface area contributed by atoms with E-state index in [1.807, 2.05) is 0 Å². The molecule has 0 spiro atoms. The number of nitrogens with one attached hydrogen (secondary N) is 2. The van der Waals surface area contributed by atoms with Gasteiger partial charge >= 0.3 is 6.18 Å². The summed E-state index contributed by atoms with van der Waals surface area (Å²) in [5, 5.41) is 5.49. The summed E-state index contributed by atoms with van der Waals surface area (Å²) in [5.74, 6) is -2.90. The first-order valence-corrected chi connectivity index (χ1v) is 15.6. The lowest BCUT2D eigenvalue weighted by Crippen LogP contribution is -2.23. The number of nitrogens with zero attached hydrogens (tertiary/aromatic N) is 3. The number of pyridine rings is 1. The molecule has 1 amide bonds. The van der Waals surface area contributed by atoms with Crippen molar-refractivity contribution in [2.45, 2.75) is 18.6 Å². The van der Waals surface area contributed by atoms with E-state index >= 15 is 8.78 Å². The molecule has 1 saturated heterocycles. The summed E-state index contributed by atoms with van der Waals surface area (Å²) in [6.45, 7) is 1.82. The number of imidazole rings is 1. The number of benzene rings is 2. The molecule has 9 nitrogen and oxygen atoms in total. The zero-order valence-electron chi connectivity index (χ0n) is 25.9. The maximum absolute atomic E-state index is 15.2. The summed E-state index contributed by atoms with van der Waals surface area (Å²) < 4.78 is 88.3. The maximum Gasteiger partial charge on any atom is 0.417 e. The second-order valence-corrected chi connectivity index (χ2v) is 12.5. The normalized spacial score (nSPS) is 19.8. The molecule has 2 fully saturated rings. The van der Waals surface area contributed by atoms with E-state index in [0.29, 0.717) is 48.7 Å². The Morgan fingerprint density at radius 2 is 1.86 bits per heavy atom. The lowest BCUT2D eigenvalue weighted by Gasteiger charge is -2.22. The van der Waals surface area contributed by atoms with Crippen LogP contribution >= 0.6 is 0 Å². The number of carbonyl (C=O) groups excluding carboxylic acids is 2. The van der Waals surface area contributed by atoms with Crippen LogP contribution in [0.5, 0.6) is 5.75 Å². The Kier molecular flexibility index (Phi) is 7.33. The van der Waals surface area contributed by atoms with Crippen LogP contribution in [0.15, 0.2) is 61.1 Å². The number of hydrogen-bond acceptors (Lipinski definition) is 6. The van der Waals surface area contributed by atoms with Crippen LogP contribution in [0.25, 0.3) is 27.7 Å². The van der Waals surface area contributed by atoms with Crippen LogP contribution in [0.2, 0.25) is 0 Å². The largest absolute Gasteiger partial charge is 0.490 e.